The van der Waals surface area contributed by atoms with Crippen molar-refractivity contribution >= 4 is 52.4 Å². The van der Waals surface area contributed by atoms with E-state index in [4.69, 9.17) is 51.1 Å². The maximum atomic E-state index is 12.3. The number of benzene rings is 2. The number of ether oxygens (including phenoxy) is 1. The number of carbonyl (C=O) groups is 1. The molecule has 152 valence electrons. The second-order valence-corrected chi connectivity index (χ2v) is 8.08. The van der Waals surface area contributed by atoms with E-state index in [-0.39, 0.29) is 6.54 Å². The van der Waals surface area contributed by atoms with Crippen LogP contribution in [0.25, 0.3) is 22.5 Å². The van der Waals surface area contributed by atoms with Gasteiger partial charge in [0.1, 0.15) is 12.2 Å². The molecular weight excluding hydrogens is 456 g/mol. The summed E-state index contributed by atoms with van der Waals surface area (Å²) in [4.78, 5) is 12.3. The zero-order chi connectivity index (χ0) is 21.0. The van der Waals surface area contributed by atoms with Crippen molar-refractivity contribution in [1.29, 1.82) is 0 Å². The van der Waals surface area contributed by atoms with Gasteiger partial charge in [0.05, 0.1) is 12.3 Å². The van der Waals surface area contributed by atoms with E-state index in [9.17, 15) is 4.79 Å². The summed E-state index contributed by atoms with van der Waals surface area (Å²) >= 11 is 24.7. The molecule has 0 spiro atoms. The Morgan fingerprint density at radius 3 is 2.03 bits per heavy atom. The first kappa shape index (κ1) is 21.9. The van der Waals surface area contributed by atoms with E-state index in [1.807, 2.05) is 6.92 Å². The van der Waals surface area contributed by atoms with Crippen LogP contribution >= 0.6 is 46.4 Å². The molecule has 0 unspecified atom stereocenters. The highest BCUT2D eigenvalue weighted by Crippen LogP contribution is 2.35. The number of aromatic nitrogens is 3. The molecule has 5 nitrogen and oxygen atoms in total. The fourth-order valence-electron chi connectivity index (χ4n) is 2.78. The number of rotatable bonds is 7. The standard InChI is InChI=1S/C20H17Cl4N3O2/c1-2-3-4-29-18(28)11-27-20(13-7-16(23)10-17(24)8-13)19(25-26-27)12-5-14(21)9-15(22)6-12/h5-10H,2-4,11H2,1H3. The van der Waals surface area contributed by atoms with Crippen molar-refractivity contribution in [3.8, 4) is 22.5 Å². The van der Waals surface area contributed by atoms with Gasteiger partial charge in [-0.05, 0) is 42.8 Å². The highest BCUT2D eigenvalue weighted by Gasteiger charge is 2.20. The van der Waals surface area contributed by atoms with E-state index in [0.717, 1.165) is 12.8 Å². The Balaban J connectivity index is 2.07. The van der Waals surface area contributed by atoms with E-state index >= 15 is 0 Å². The number of hydrogen-bond donors (Lipinski definition) is 0. The minimum Gasteiger partial charge on any atom is -0.464 e. The quantitative estimate of drug-likeness (QED) is 0.288. The molecule has 0 aliphatic carbocycles. The topological polar surface area (TPSA) is 57.0 Å². The van der Waals surface area contributed by atoms with Crippen molar-refractivity contribution in [2.24, 2.45) is 0 Å². The van der Waals surface area contributed by atoms with Gasteiger partial charge in [-0.1, -0.05) is 65.0 Å². The van der Waals surface area contributed by atoms with Crippen molar-refractivity contribution in [1.82, 2.24) is 15.0 Å². The number of unbranched alkanes of at least 4 members (excludes halogenated alkanes) is 1. The van der Waals surface area contributed by atoms with Crippen molar-refractivity contribution in [3.05, 3.63) is 56.5 Å². The van der Waals surface area contributed by atoms with Gasteiger partial charge in [-0.3, -0.25) is 4.79 Å². The molecule has 0 aliphatic rings. The van der Waals surface area contributed by atoms with Crippen molar-refractivity contribution in [2.45, 2.75) is 26.3 Å². The molecular formula is C20H17Cl4N3O2. The predicted molar refractivity (Wildman–Crippen MR) is 117 cm³/mol. The summed E-state index contributed by atoms with van der Waals surface area (Å²) in [7, 11) is 0. The maximum Gasteiger partial charge on any atom is 0.327 e. The molecule has 0 atom stereocenters. The molecule has 0 saturated carbocycles. The van der Waals surface area contributed by atoms with Crippen LogP contribution in [0.4, 0.5) is 0 Å². The molecule has 3 rings (SSSR count). The fourth-order valence-corrected chi connectivity index (χ4v) is 3.84. The molecule has 0 radical (unpaired) electrons. The third kappa shape index (κ3) is 5.64. The van der Waals surface area contributed by atoms with Gasteiger partial charge in [0.25, 0.3) is 0 Å². The van der Waals surface area contributed by atoms with Gasteiger partial charge in [-0.2, -0.15) is 0 Å². The van der Waals surface area contributed by atoms with Crippen LogP contribution in [0.1, 0.15) is 19.8 Å². The monoisotopic (exact) mass is 471 g/mol. The molecule has 29 heavy (non-hydrogen) atoms. The van der Waals surface area contributed by atoms with Crippen LogP contribution in [-0.2, 0) is 16.1 Å². The molecule has 1 heterocycles. The van der Waals surface area contributed by atoms with Crippen molar-refractivity contribution in [3.63, 3.8) is 0 Å². The first-order chi connectivity index (χ1) is 13.9. The lowest BCUT2D eigenvalue weighted by molar-refractivity contribution is -0.144. The molecule has 0 saturated heterocycles. The van der Waals surface area contributed by atoms with Crippen LogP contribution < -0.4 is 0 Å². The summed E-state index contributed by atoms with van der Waals surface area (Å²) in [6, 6.07) is 10.1. The largest absolute Gasteiger partial charge is 0.464 e. The van der Waals surface area contributed by atoms with Crippen LogP contribution in [0, 0.1) is 0 Å². The zero-order valence-electron chi connectivity index (χ0n) is 15.5. The Hall–Kier alpha value is -1.79. The SMILES string of the molecule is CCCCOC(=O)Cn1nnc(-c2cc(Cl)cc(Cl)c2)c1-c1cc(Cl)cc(Cl)c1. The number of hydrogen-bond acceptors (Lipinski definition) is 4. The van der Waals surface area contributed by atoms with Crippen LogP contribution in [0.15, 0.2) is 36.4 Å². The Morgan fingerprint density at radius 1 is 0.931 bits per heavy atom. The van der Waals surface area contributed by atoms with Crippen LogP contribution in [0.3, 0.4) is 0 Å². The highest BCUT2D eigenvalue weighted by atomic mass is 35.5. The Kier molecular flexibility index (Phi) is 7.41. The van der Waals surface area contributed by atoms with Gasteiger partial charge in [-0.15, -0.1) is 5.10 Å². The van der Waals surface area contributed by atoms with Crippen LogP contribution in [0.2, 0.25) is 20.1 Å². The highest BCUT2D eigenvalue weighted by molar-refractivity contribution is 6.35. The van der Waals surface area contributed by atoms with Gasteiger partial charge in [-0.25, -0.2) is 4.68 Å². The Morgan fingerprint density at radius 2 is 1.48 bits per heavy atom. The molecule has 0 bridgehead atoms. The van der Waals surface area contributed by atoms with Crippen molar-refractivity contribution < 1.29 is 9.53 Å². The van der Waals surface area contributed by atoms with E-state index in [2.05, 4.69) is 10.3 Å². The van der Waals surface area contributed by atoms with Crippen LogP contribution in [0.5, 0.6) is 0 Å². The average Bonchev–Trinajstić information content (AvgIpc) is 3.04. The normalized spacial score (nSPS) is 10.9. The minimum atomic E-state index is -0.409. The lowest BCUT2D eigenvalue weighted by Gasteiger charge is -2.10. The van der Waals surface area contributed by atoms with E-state index in [1.54, 1.807) is 36.4 Å². The van der Waals surface area contributed by atoms with E-state index in [1.165, 1.54) is 4.68 Å². The summed E-state index contributed by atoms with van der Waals surface area (Å²) in [5.74, 6) is -0.409. The van der Waals surface area contributed by atoms with Gasteiger partial charge in [0, 0.05) is 31.2 Å². The summed E-state index contributed by atoms with van der Waals surface area (Å²) in [5.41, 5.74) is 2.36. The summed E-state index contributed by atoms with van der Waals surface area (Å²) < 4.78 is 6.71. The molecule has 0 amide bonds. The summed E-state index contributed by atoms with van der Waals surface area (Å²) in [6.07, 6.45) is 1.73. The fraction of sp³-hybridized carbons (Fsp3) is 0.250. The summed E-state index contributed by atoms with van der Waals surface area (Å²) in [6.45, 7) is 2.28. The second-order valence-electron chi connectivity index (χ2n) is 6.33. The van der Waals surface area contributed by atoms with Crippen molar-refractivity contribution in [2.75, 3.05) is 6.61 Å². The molecule has 0 fully saturated rings. The molecule has 0 aliphatic heterocycles. The number of nitrogens with zero attached hydrogens (tertiary/aromatic N) is 3. The van der Waals surface area contributed by atoms with E-state index < -0.39 is 5.97 Å². The third-order valence-corrected chi connectivity index (χ3v) is 4.92. The smallest absolute Gasteiger partial charge is 0.327 e. The predicted octanol–water partition coefficient (Wildman–Crippen LogP) is 6.57. The Bertz CT molecular complexity index is 996. The number of esters is 1. The minimum absolute atomic E-state index is 0.107. The van der Waals surface area contributed by atoms with E-state index in [0.29, 0.717) is 49.2 Å². The first-order valence-electron chi connectivity index (χ1n) is 8.89. The third-order valence-electron chi connectivity index (χ3n) is 4.05. The summed E-state index contributed by atoms with van der Waals surface area (Å²) in [5, 5.41) is 10.2. The van der Waals surface area contributed by atoms with Gasteiger partial charge >= 0.3 is 5.97 Å². The number of carbonyl (C=O) groups excluding carboxylic acids is 1. The Labute approximate surface area is 188 Å². The van der Waals surface area contributed by atoms with Gasteiger partial charge in [0.15, 0.2) is 0 Å². The molecule has 0 N–H and O–H groups in total. The lowest BCUT2D eigenvalue weighted by atomic mass is 10.0. The van der Waals surface area contributed by atoms with Gasteiger partial charge < -0.3 is 4.74 Å². The lowest BCUT2D eigenvalue weighted by Crippen LogP contribution is -2.16. The maximum absolute atomic E-state index is 12.3. The molecule has 9 heteroatoms. The number of halogens is 4. The zero-order valence-corrected chi connectivity index (χ0v) is 18.5. The average molecular weight is 473 g/mol. The molecule has 1 aromatic heterocycles. The molecule has 2 aromatic carbocycles. The molecule has 3 aromatic rings. The van der Waals surface area contributed by atoms with Crippen LogP contribution in [-0.4, -0.2) is 27.6 Å². The van der Waals surface area contributed by atoms with Gasteiger partial charge in [0.2, 0.25) is 0 Å². The second kappa shape index (κ2) is 9.81. The first-order valence-corrected chi connectivity index (χ1v) is 10.4.